The Hall–Kier alpha value is -0.610. The third-order valence-corrected chi connectivity index (χ3v) is 1.85. The zero-order valence-electron chi connectivity index (χ0n) is 8.04. The van der Waals surface area contributed by atoms with E-state index in [1.165, 1.54) is 12.2 Å². The SMILES string of the molecule is CON(C)C(=O)C(C)CCCN. The number of carbonyl (C=O) groups excluding carboxylic acids is 1. The molecular formula is C8H18N2O2. The van der Waals surface area contributed by atoms with Crippen molar-refractivity contribution in [2.75, 3.05) is 20.7 Å². The van der Waals surface area contributed by atoms with Gasteiger partial charge in [-0.3, -0.25) is 9.63 Å². The van der Waals surface area contributed by atoms with Gasteiger partial charge in [-0.25, -0.2) is 5.06 Å². The van der Waals surface area contributed by atoms with Crippen molar-refractivity contribution in [3.63, 3.8) is 0 Å². The summed E-state index contributed by atoms with van der Waals surface area (Å²) in [6.07, 6.45) is 1.70. The van der Waals surface area contributed by atoms with Crippen LogP contribution < -0.4 is 5.73 Å². The summed E-state index contributed by atoms with van der Waals surface area (Å²) in [6.45, 7) is 2.52. The summed E-state index contributed by atoms with van der Waals surface area (Å²) >= 11 is 0. The molecule has 0 fully saturated rings. The molecule has 0 saturated carbocycles. The van der Waals surface area contributed by atoms with Crippen LogP contribution >= 0.6 is 0 Å². The quantitative estimate of drug-likeness (QED) is 0.613. The van der Waals surface area contributed by atoms with Gasteiger partial charge in [0.1, 0.15) is 0 Å². The minimum atomic E-state index is -0.00139. The number of hydroxylamine groups is 2. The van der Waals surface area contributed by atoms with Crippen molar-refractivity contribution in [1.29, 1.82) is 0 Å². The molecule has 0 radical (unpaired) electrons. The maximum Gasteiger partial charge on any atom is 0.248 e. The van der Waals surface area contributed by atoms with Gasteiger partial charge in [-0.05, 0) is 19.4 Å². The molecule has 0 spiro atoms. The van der Waals surface area contributed by atoms with Crippen LogP contribution in [0.4, 0.5) is 0 Å². The molecule has 1 atom stereocenters. The first-order chi connectivity index (χ1) is 5.63. The Morgan fingerprint density at radius 2 is 2.25 bits per heavy atom. The van der Waals surface area contributed by atoms with E-state index in [1.54, 1.807) is 7.05 Å². The molecule has 4 nitrogen and oxygen atoms in total. The first-order valence-corrected chi connectivity index (χ1v) is 4.15. The lowest BCUT2D eigenvalue weighted by molar-refractivity contribution is -0.173. The Balaban J connectivity index is 3.75. The van der Waals surface area contributed by atoms with Crippen molar-refractivity contribution in [2.24, 2.45) is 11.7 Å². The van der Waals surface area contributed by atoms with Crippen LogP contribution in [0.1, 0.15) is 19.8 Å². The molecule has 4 heteroatoms. The van der Waals surface area contributed by atoms with E-state index in [4.69, 9.17) is 10.6 Å². The van der Waals surface area contributed by atoms with Crippen LogP contribution in [0, 0.1) is 5.92 Å². The monoisotopic (exact) mass is 174 g/mol. The van der Waals surface area contributed by atoms with Crippen molar-refractivity contribution in [1.82, 2.24) is 5.06 Å². The predicted molar refractivity (Wildman–Crippen MR) is 47.2 cm³/mol. The van der Waals surface area contributed by atoms with E-state index in [1.807, 2.05) is 6.92 Å². The molecule has 0 aromatic rings. The standard InChI is InChI=1S/C8H18N2O2/c1-7(5-4-6-9)8(11)10(2)12-3/h7H,4-6,9H2,1-3H3. The van der Waals surface area contributed by atoms with Crippen molar-refractivity contribution < 1.29 is 9.63 Å². The predicted octanol–water partition coefficient (Wildman–Crippen LogP) is 0.381. The van der Waals surface area contributed by atoms with Gasteiger partial charge in [0.05, 0.1) is 7.11 Å². The molecule has 1 unspecified atom stereocenters. The lowest BCUT2D eigenvalue weighted by atomic mass is 10.1. The zero-order valence-corrected chi connectivity index (χ0v) is 8.04. The Bertz CT molecular complexity index is 139. The molecule has 0 heterocycles. The van der Waals surface area contributed by atoms with Gasteiger partial charge in [-0.1, -0.05) is 6.92 Å². The van der Waals surface area contributed by atoms with Gasteiger partial charge in [0.2, 0.25) is 5.91 Å². The molecule has 0 aliphatic heterocycles. The molecule has 0 aromatic carbocycles. The van der Waals surface area contributed by atoms with Crippen LogP contribution in [-0.2, 0) is 9.63 Å². The largest absolute Gasteiger partial charge is 0.330 e. The second kappa shape index (κ2) is 5.97. The summed E-state index contributed by atoms with van der Waals surface area (Å²) in [5.74, 6) is 0.00412. The summed E-state index contributed by atoms with van der Waals surface area (Å²) < 4.78 is 0. The number of hydrogen-bond acceptors (Lipinski definition) is 3. The van der Waals surface area contributed by atoms with E-state index >= 15 is 0 Å². The highest BCUT2D eigenvalue weighted by molar-refractivity contribution is 5.77. The van der Waals surface area contributed by atoms with Gasteiger partial charge in [0.15, 0.2) is 0 Å². The smallest absolute Gasteiger partial charge is 0.248 e. The molecule has 0 bridgehead atoms. The zero-order chi connectivity index (χ0) is 9.56. The van der Waals surface area contributed by atoms with E-state index in [9.17, 15) is 4.79 Å². The maximum atomic E-state index is 11.3. The first kappa shape index (κ1) is 11.4. The highest BCUT2D eigenvalue weighted by atomic mass is 16.7. The van der Waals surface area contributed by atoms with Crippen molar-refractivity contribution in [2.45, 2.75) is 19.8 Å². The van der Waals surface area contributed by atoms with Crippen LogP contribution in [0.15, 0.2) is 0 Å². The molecule has 0 aliphatic rings. The van der Waals surface area contributed by atoms with E-state index < -0.39 is 0 Å². The molecule has 2 N–H and O–H groups in total. The molecular weight excluding hydrogens is 156 g/mol. The Morgan fingerprint density at radius 1 is 1.67 bits per heavy atom. The molecule has 0 rings (SSSR count). The molecule has 0 aliphatic carbocycles. The van der Waals surface area contributed by atoms with Crippen LogP contribution in [0.3, 0.4) is 0 Å². The average molecular weight is 174 g/mol. The minimum Gasteiger partial charge on any atom is -0.330 e. The molecule has 1 amide bonds. The van der Waals surface area contributed by atoms with Gasteiger partial charge < -0.3 is 5.73 Å². The summed E-state index contributed by atoms with van der Waals surface area (Å²) in [5, 5.41) is 1.25. The number of nitrogens with two attached hydrogens (primary N) is 1. The Labute approximate surface area is 73.6 Å². The van der Waals surface area contributed by atoms with Crippen LogP contribution in [0.25, 0.3) is 0 Å². The van der Waals surface area contributed by atoms with Gasteiger partial charge in [0, 0.05) is 13.0 Å². The highest BCUT2D eigenvalue weighted by Gasteiger charge is 2.16. The first-order valence-electron chi connectivity index (χ1n) is 4.15. The van der Waals surface area contributed by atoms with Gasteiger partial charge >= 0.3 is 0 Å². The second-order valence-corrected chi connectivity index (χ2v) is 2.85. The molecule has 12 heavy (non-hydrogen) atoms. The summed E-state index contributed by atoms with van der Waals surface area (Å²) in [6, 6.07) is 0. The fraction of sp³-hybridized carbons (Fsp3) is 0.875. The van der Waals surface area contributed by atoms with Gasteiger partial charge in [0.25, 0.3) is 0 Å². The van der Waals surface area contributed by atoms with Crippen molar-refractivity contribution in [3.05, 3.63) is 0 Å². The lowest BCUT2D eigenvalue weighted by Gasteiger charge is -2.18. The van der Waals surface area contributed by atoms with Crippen LogP contribution in [0.5, 0.6) is 0 Å². The minimum absolute atomic E-state index is 0.00139. The van der Waals surface area contributed by atoms with Gasteiger partial charge in [-0.2, -0.15) is 0 Å². The molecule has 0 saturated heterocycles. The third-order valence-electron chi connectivity index (χ3n) is 1.85. The maximum absolute atomic E-state index is 11.3. The molecule has 0 aromatic heterocycles. The Kier molecular flexibility index (Phi) is 5.66. The van der Waals surface area contributed by atoms with E-state index in [0.717, 1.165) is 12.8 Å². The Morgan fingerprint density at radius 3 is 2.67 bits per heavy atom. The summed E-state index contributed by atoms with van der Waals surface area (Å²) in [4.78, 5) is 16.1. The fourth-order valence-electron chi connectivity index (χ4n) is 0.948. The number of rotatable bonds is 5. The average Bonchev–Trinajstić information content (AvgIpc) is 2.11. The van der Waals surface area contributed by atoms with Gasteiger partial charge in [-0.15, -0.1) is 0 Å². The summed E-state index contributed by atoms with van der Waals surface area (Å²) in [5.41, 5.74) is 5.33. The van der Waals surface area contributed by atoms with Crippen molar-refractivity contribution in [3.8, 4) is 0 Å². The van der Waals surface area contributed by atoms with Crippen LogP contribution in [-0.4, -0.2) is 31.7 Å². The topological polar surface area (TPSA) is 55.6 Å². The number of nitrogens with zero attached hydrogens (tertiary/aromatic N) is 1. The number of hydrogen-bond donors (Lipinski definition) is 1. The summed E-state index contributed by atoms with van der Waals surface area (Å²) in [7, 11) is 3.09. The fourth-order valence-corrected chi connectivity index (χ4v) is 0.948. The van der Waals surface area contributed by atoms with Crippen molar-refractivity contribution >= 4 is 5.91 Å². The van der Waals surface area contributed by atoms with E-state index in [2.05, 4.69) is 0 Å². The lowest BCUT2D eigenvalue weighted by Crippen LogP contribution is -2.30. The third kappa shape index (κ3) is 3.69. The normalized spacial score (nSPS) is 12.7. The second-order valence-electron chi connectivity index (χ2n) is 2.85. The highest BCUT2D eigenvalue weighted by Crippen LogP contribution is 2.07. The molecule has 72 valence electrons. The number of amides is 1. The van der Waals surface area contributed by atoms with E-state index in [-0.39, 0.29) is 11.8 Å². The van der Waals surface area contributed by atoms with Crippen LogP contribution in [0.2, 0.25) is 0 Å². The van der Waals surface area contributed by atoms with E-state index in [0.29, 0.717) is 6.54 Å². The number of carbonyl (C=O) groups is 1.